The minimum absolute atomic E-state index is 1.00. The molecule has 2 atom stereocenters. The molecule has 0 aliphatic carbocycles. The summed E-state index contributed by atoms with van der Waals surface area (Å²) in [6, 6.07) is -1.99. The van der Waals surface area contributed by atoms with E-state index in [1.807, 2.05) is 16.4 Å². The molecule has 1 aliphatic heterocycles. The van der Waals surface area contributed by atoms with Gasteiger partial charge in [0.1, 0.15) is 0 Å². The van der Waals surface area contributed by atoms with Gasteiger partial charge in [-0.3, -0.25) is 30.3 Å². The third-order valence-electron chi connectivity index (χ3n) is 1.78. The van der Waals surface area contributed by atoms with Crippen LogP contribution in [0.3, 0.4) is 0 Å². The number of nitro groups is 3. The Morgan fingerprint density at radius 3 is 1.47 bits per heavy atom. The highest BCUT2D eigenvalue weighted by Crippen LogP contribution is 2.08. The second-order valence-electron chi connectivity index (χ2n) is 2.65. The Kier molecular flexibility index (Phi) is 3.03. The molecule has 0 amide bonds. The monoisotopic (exact) mass is 222 g/mol. The summed E-state index contributed by atoms with van der Waals surface area (Å²) in [5, 5.41) is 31.2. The highest BCUT2D eigenvalue weighted by Gasteiger charge is 2.56. The minimum Gasteiger partial charge on any atom is -0.264 e. The molecule has 1 aliphatic rings. The average Bonchev–Trinajstić information content (AvgIpc) is 2.16. The molecule has 0 aromatic rings. The summed E-state index contributed by atoms with van der Waals surface area (Å²) in [5.74, 6) is 0. The standard InChI is InChI=1S/C3H6N6O6/c10-7(11)1-2(8(12)13)4-6-5-3(1)9(14)15/h1-6H. The number of hydrogen-bond acceptors (Lipinski definition) is 9. The van der Waals surface area contributed by atoms with Gasteiger partial charge in [0.2, 0.25) is 0 Å². The van der Waals surface area contributed by atoms with E-state index >= 15 is 0 Å². The normalized spacial score (nSPS) is 30.8. The summed E-state index contributed by atoms with van der Waals surface area (Å²) in [4.78, 5) is 28.2. The predicted molar refractivity (Wildman–Crippen MR) is 41.8 cm³/mol. The Morgan fingerprint density at radius 2 is 1.20 bits per heavy atom. The van der Waals surface area contributed by atoms with Crippen molar-refractivity contribution in [2.75, 3.05) is 0 Å². The summed E-state index contributed by atoms with van der Waals surface area (Å²) < 4.78 is 0. The Morgan fingerprint density at radius 1 is 0.800 bits per heavy atom. The summed E-state index contributed by atoms with van der Waals surface area (Å²) in [5.41, 5.74) is 5.80. The molecule has 0 bridgehead atoms. The maximum Gasteiger partial charge on any atom is 0.375 e. The molecule has 3 N–H and O–H groups in total. The largest absolute Gasteiger partial charge is 0.375 e. The molecule has 1 rings (SSSR count). The van der Waals surface area contributed by atoms with E-state index in [-0.39, 0.29) is 0 Å². The first-order chi connectivity index (χ1) is 6.95. The molecule has 0 aromatic carbocycles. The van der Waals surface area contributed by atoms with Gasteiger partial charge in [0.15, 0.2) is 0 Å². The van der Waals surface area contributed by atoms with Crippen molar-refractivity contribution in [3.05, 3.63) is 30.3 Å². The zero-order valence-corrected chi connectivity index (χ0v) is 7.02. The van der Waals surface area contributed by atoms with Crippen LogP contribution in [-0.4, -0.2) is 33.1 Å². The van der Waals surface area contributed by atoms with Crippen molar-refractivity contribution in [2.24, 2.45) is 0 Å². The van der Waals surface area contributed by atoms with Crippen LogP contribution in [0.15, 0.2) is 0 Å². The molecule has 0 spiro atoms. The van der Waals surface area contributed by atoms with Crippen molar-refractivity contribution in [3.8, 4) is 0 Å². The van der Waals surface area contributed by atoms with Gasteiger partial charge in [-0.05, 0) is 0 Å². The third kappa shape index (κ3) is 2.12. The van der Waals surface area contributed by atoms with E-state index < -0.39 is 33.1 Å². The molecule has 84 valence electrons. The fourth-order valence-corrected chi connectivity index (χ4v) is 1.12. The molecule has 12 nitrogen and oxygen atoms in total. The van der Waals surface area contributed by atoms with E-state index in [1.54, 1.807) is 0 Å². The van der Waals surface area contributed by atoms with Crippen LogP contribution in [0.5, 0.6) is 0 Å². The fraction of sp³-hybridized carbons (Fsp3) is 1.00. The van der Waals surface area contributed by atoms with Crippen LogP contribution in [0.2, 0.25) is 0 Å². The van der Waals surface area contributed by atoms with E-state index in [1.165, 1.54) is 0 Å². The maximum atomic E-state index is 10.5. The van der Waals surface area contributed by atoms with E-state index in [9.17, 15) is 30.3 Å². The van der Waals surface area contributed by atoms with Crippen LogP contribution < -0.4 is 16.4 Å². The van der Waals surface area contributed by atoms with Crippen molar-refractivity contribution in [2.45, 2.75) is 18.4 Å². The molecule has 1 heterocycles. The lowest BCUT2D eigenvalue weighted by Gasteiger charge is -2.24. The number of hydrazine groups is 2. The quantitative estimate of drug-likeness (QED) is 0.344. The van der Waals surface area contributed by atoms with Crippen LogP contribution in [0.25, 0.3) is 0 Å². The zero-order chi connectivity index (χ0) is 11.6. The Bertz CT molecular complexity index is 283. The topological polar surface area (TPSA) is 166 Å². The molecule has 0 radical (unpaired) electrons. The van der Waals surface area contributed by atoms with Gasteiger partial charge in [0, 0.05) is 14.8 Å². The molecule has 2 unspecified atom stereocenters. The summed E-state index contributed by atoms with van der Waals surface area (Å²) in [6.07, 6.45) is -3.73. The van der Waals surface area contributed by atoms with Crippen molar-refractivity contribution < 1.29 is 14.8 Å². The van der Waals surface area contributed by atoms with Gasteiger partial charge in [0.05, 0.1) is 0 Å². The first-order valence-corrected chi connectivity index (χ1v) is 3.61. The molecule has 1 fully saturated rings. The predicted octanol–water partition coefficient (Wildman–Crippen LogP) is -2.55. The highest BCUT2D eigenvalue weighted by atomic mass is 16.7. The minimum atomic E-state index is -1.99. The third-order valence-corrected chi connectivity index (χ3v) is 1.78. The van der Waals surface area contributed by atoms with Gasteiger partial charge < -0.3 is 0 Å². The van der Waals surface area contributed by atoms with Gasteiger partial charge in [-0.25, -0.2) is 0 Å². The fourth-order valence-electron chi connectivity index (χ4n) is 1.12. The first-order valence-electron chi connectivity index (χ1n) is 3.61. The average molecular weight is 222 g/mol. The van der Waals surface area contributed by atoms with E-state index in [0.717, 1.165) is 0 Å². The lowest BCUT2D eigenvalue weighted by Crippen LogP contribution is -2.73. The second kappa shape index (κ2) is 4.07. The number of rotatable bonds is 3. The summed E-state index contributed by atoms with van der Waals surface area (Å²) in [6.45, 7) is 0. The molecule has 0 aromatic heterocycles. The molecular weight excluding hydrogens is 216 g/mol. The summed E-state index contributed by atoms with van der Waals surface area (Å²) >= 11 is 0. The van der Waals surface area contributed by atoms with Crippen molar-refractivity contribution in [1.29, 1.82) is 0 Å². The number of hydrogen-bond donors (Lipinski definition) is 3. The van der Waals surface area contributed by atoms with E-state index in [4.69, 9.17) is 0 Å². The number of nitrogens with one attached hydrogen (secondary N) is 3. The van der Waals surface area contributed by atoms with Crippen LogP contribution in [-0.2, 0) is 0 Å². The second-order valence-corrected chi connectivity index (χ2v) is 2.65. The highest BCUT2D eigenvalue weighted by molar-refractivity contribution is 4.75. The maximum absolute atomic E-state index is 10.5. The van der Waals surface area contributed by atoms with Crippen LogP contribution in [0.1, 0.15) is 0 Å². The van der Waals surface area contributed by atoms with Crippen LogP contribution in [0.4, 0.5) is 0 Å². The molecule has 15 heavy (non-hydrogen) atoms. The zero-order valence-electron chi connectivity index (χ0n) is 7.02. The van der Waals surface area contributed by atoms with Crippen molar-refractivity contribution in [3.63, 3.8) is 0 Å². The molecule has 12 heteroatoms. The SMILES string of the molecule is O=[N+]([O-])C1NNNC([N+](=O)[O-])C1[N+](=O)[O-]. The molecule has 0 saturated carbocycles. The Balaban J connectivity index is 2.95. The van der Waals surface area contributed by atoms with Gasteiger partial charge in [-0.1, -0.05) is 0 Å². The van der Waals surface area contributed by atoms with E-state index in [0.29, 0.717) is 0 Å². The Hall–Kier alpha value is -1.92. The van der Waals surface area contributed by atoms with Gasteiger partial charge in [-0.15, -0.1) is 0 Å². The van der Waals surface area contributed by atoms with Crippen LogP contribution >= 0.6 is 0 Å². The van der Waals surface area contributed by atoms with Crippen molar-refractivity contribution in [1.82, 2.24) is 16.4 Å². The van der Waals surface area contributed by atoms with Gasteiger partial charge >= 0.3 is 18.4 Å². The smallest absolute Gasteiger partial charge is 0.264 e. The summed E-state index contributed by atoms with van der Waals surface area (Å²) in [7, 11) is 0. The van der Waals surface area contributed by atoms with Crippen LogP contribution in [0, 0.1) is 30.3 Å². The van der Waals surface area contributed by atoms with Gasteiger partial charge in [0.25, 0.3) is 0 Å². The lowest BCUT2D eigenvalue weighted by atomic mass is 10.2. The number of nitrogens with zero attached hydrogens (tertiary/aromatic N) is 3. The first kappa shape index (κ1) is 11.2. The lowest BCUT2D eigenvalue weighted by molar-refractivity contribution is -0.681. The Labute approximate surface area is 81.0 Å². The molecular formula is C3H6N6O6. The van der Waals surface area contributed by atoms with E-state index in [2.05, 4.69) is 0 Å². The molecule has 1 saturated heterocycles. The van der Waals surface area contributed by atoms with Crippen molar-refractivity contribution >= 4 is 0 Å². The van der Waals surface area contributed by atoms with Gasteiger partial charge in [-0.2, -0.15) is 16.4 Å².